The van der Waals surface area contributed by atoms with Crippen molar-refractivity contribution in [2.45, 2.75) is 34.9 Å². The topological polar surface area (TPSA) is 24.9 Å². The van der Waals surface area contributed by atoms with E-state index in [9.17, 15) is 0 Å². The van der Waals surface area contributed by atoms with Gasteiger partial charge in [0.1, 0.15) is 4.34 Å². The van der Waals surface area contributed by atoms with Crippen LogP contribution in [0.25, 0.3) is 0 Å². The van der Waals surface area contributed by atoms with Crippen LogP contribution < -0.4 is 5.32 Å². The van der Waals surface area contributed by atoms with Gasteiger partial charge in [-0.3, -0.25) is 0 Å². The molecule has 4 heteroatoms. The van der Waals surface area contributed by atoms with Gasteiger partial charge in [-0.25, -0.2) is 4.98 Å². The molecule has 2 rings (SSSR count). The maximum atomic E-state index is 4.30. The summed E-state index contributed by atoms with van der Waals surface area (Å²) in [6, 6.07) is 0.689. The van der Waals surface area contributed by atoms with Crippen molar-refractivity contribution in [3.63, 3.8) is 0 Å². The van der Waals surface area contributed by atoms with Crippen molar-refractivity contribution < 1.29 is 0 Å². The lowest BCUT2D eigenvalue weighted by Crippen LogP contribution is -2.30. The Morgan fingerprint density at radius 3 is 3.23 bits per heavy atom. The number of nitrogens with one attached hydrogen (secondary N) is 1. The van der Waals surface area contributed by atoms with E-state index in [0.717, 1.165) is 5.25 Å². The lowest BCUT2D eigenvalue weighted by Gasteiger charge is -2.16. The van der Waals surface area contributed by atoms with Gasteiger partial charge in [-0.2, -0.15) is 0 Å². The summed E-state index contributed by atoms with van der Waals surface area (Å²) >= 11 is 3.68. The largest absolute Gasteiger partial charge is 0.316 e. The van der Waals surface area contributed by atoms with Gasteiger partial charge in [-0.05, 0) is 19.9 Å². The first-order valence-electron chi connectivity index (χ1n) is 4.63. The molecule has 0 saturated heterocycles. The first-order chi connectivity index (χ1) is 6.40. The summed E-state index contributed by atoms with van der Waals surface area (Å²) in [5.41, 5.74) is 0. The molecule has 1 N–H and O–H groups in total. The monoisotopic (exact) mass is 214 g/mol. The highest BCUT2D eigenvalue weighted by Gasteiger charge is 2.27. The Kier molecular flexibility index (Phi) is 3.24. The number of thioether (sulfide) groups is 1. The van der Waals surface area contributed by atoms with Crippen molar-refractivity contribution in [2.75, 3.05) is 7.05 Å². The van der Waals surface area contributed by atoms with Crippen LogP contribution in [-0.2, 0) is 0 Å². The number of hydrogen-bond acceptors (Lipinski definition) is 4. The molecule has 0 radical (unpaired) electrons. The molecule has 1 aromatic heterocycles. The van der Waals surface area contributed by atoms with Crippen molar-refractivity contribution in [2.24, 2.45) is 0 Å². The van der Waals surface area contributed by atoms with E-state index in [2.05, 4.69) is 17.3 Å². The van der Waals surface area contributed by atoms with E-state index in [1.165, 1.54) is 23.6 Å². The molecule has 0 aromatic carbocycles. The first-order valence-corrected chi connectivity index (χ1v) is 6.39. The van der Waals surface area contributed by atoms with Gasteiger partial charge in [0, 0.05) is 22.9 Å². The van der Waals surface area contributed by atoms with Crippen molar-refractivity contribution >= 4 is 23.1 Å². The van der Waals surface area contributed by atoms with Crippen LogP contribution in [0.3, 0.4) is 0 Å². The molecule has 2 atom stereocenters. The summed E-state index contributed by atoms with van der Waals surface area (Å²) in [4.78, 5) is 4.30. The lowest BCUT2D eigenvalue weighted by atomic mass is 10.2. The smallest absolute Gasteiger partial charge is 0.150 e. The van der Waals surface area contributed by atoms with Crippen molar-refractivity contribution in [1.82, 2.24) is 10.3 Å². The fourth-order valence-corrected chi connectivity index (χ4v) is 4.02. The number of rotatable bonds is 3. The van der Waals surface area contributed by atoms with Gasteiger partial charge >= 0.3 is 0 Å². The first kappa shape index (κ1) is 9.49. The lowest BCUT2D eigenvalue weighted by molar-refractivity contribution is 0.591. The predicted molar refractivity (Wildman–Crippen MR) is 58.5 cm³/mol. The molecule has 72 valence electrons. The van der Waals surface area contributed by atoms with E-state index >= 15 is 0 Å². The van der Waals surface area contributed by atoms with E-state index in [1.54, 1.807) is 11.3 Å². The molecule has 0 amide bonds. The Hall–Kier alpha value is -0.0600. The molecule has 1 saturated carbocycles. The minimum Gasteiger partial charge on any atom is -0.316 e. The van der Waals surface area contributed by atoms with E-state index < -0.39 is 0 Å². The Bertz CT molecular complexity index is 248. The highest BCUT2D eigenvalue weighted by Crippen LogP contribution is 2.35. The minimum atomic E-state index is 0.689. The van der Waals surface area contributed by atoms with Crippen LogP contribution in [0.4, 0.5) is 0 Å². The molecular weight excluding hydrogens is 200 g/mol. The van der Waals surface area contributed by atoms with E-state index in [1.807, 2.05) is 23.3 Å². The van der Waals surface area contributed by atoms with Gasteiger partial charge < -0.3 is 5.32 Å². The maximum absolute atomic E-state index is 4.30. The van der Waals surface area contributed by atoms with Crippen LogP contribution in [0, 0.1) is 0 Å². The molecular formula is C9H14N2S2. The van der Waals surface area contributed by atoms with Crippen LogP contribution in [0.5, 0.6) is 0 Å². The van der Waals surface area contributed by atoms with Crippen molar-refractivity contribution in [3.8, 4) is 0 Å². The Labute approximate surface area is 87.1 Å². The quantitative estimate of drug-likeness (QED) is 0.836. The number of hydrogen-bond donors (Lipinski definition) is 1. The second-order valence-electron chi connectivity index (χ2n) is 3.28. The van der Waals surface area contributed by atoms with E-state index in [0.29, 0.717) is 6.04 Å². The second kappa shape index (κ2) is 4.44. The molecule has 0 bridgehead atoms. The highest BCUT2D eigenvalue weighted by molar-refractivity contribution is 8.01. The average Bonchev–Trinajstić information content (AvgIpc) is 2.76. The van der Waals surface area contributed by atoms with Crippen molar-refractivity contribution in [3.05, 3.63) is 11.6 Å². The third-order valence-corrected chi connectivity index (χ3v) is 4.80. The normalized spacial score (nSPS) is 28.1. The minimum absolute atomic E-state index is 0.689. The van der Waals surface area contributed by atoms with Crippen LogP contribution in [-0.4, -0.2) is 23.3 Å². The zero-order valence-electron chi connectivity index (χ0n) is 7.69. The van der Waals surface area contributed by atoms with Gasteiger partial charge in [0.15, 0.2) is 0 Å². The number of thiazole rings is 1. The molecule has 0 aliphatic heterocycles. The molecule has 13 heavy (non-hydrogen) atoms. The second-order valence-corrected chi connectivity index (χ2v) is 5.66. The molecule has 1 aliphatic rings. The summed E-state index contributed by atoms with van der Waals surface area (Å²) in [6.07, 6.45) is 5.89. The summed E-state index contributed by atoms with van der Waals surface area (Å²) in [5, 5.41) is 6.16. The molecule has 2 unspecified atom stereocenters. The van der Waals surface area contributed by atoms with Crippen LogP contribution >= 0.6 is 23.1 Å². The van der Waals surface area contributed by atoms with Crippen molar-refractivity contribution in [1.29, 1.82) is 0 Å². The summed E-state index contributed by atoms with van der Waals surface area (Å²) < 4.78 is 1.21. The maximum Gasteiger partial charge on any atom is 0.150 e. The predicted octanol–water partition coefficient (Wildman–Crippen LogP) is 2.38. The zero-order valence-corrected chi connectivity index (χ0v) is 9.33. The summed E-state index contributed by atoms with van der Waals surface area (Å²) in [7, 11) is 2.06. The Morgan fingerprint density at radius 1 is 1.62 bits per heavy atom. The number of aromatic nitrogens is 1. The number of nitrogens with zero attached hydrogens (tertiary/aromatic N) is 1. The standard InChI is InChI=1S/C9H14N2S2/c1-10-7-3-2-4-8(7)13-9-11-5-6-12-9/h5-8,10H,2-4H2,1H3. The Balaban J connectivity index is 1.94. The van der Waals surface area contributed by atoms with Gasteiger partial charge in [0.25, 0.3) is 0 Å². The van der Waals surface area contributed by atoms with E-state index in [-0.39, 0.29) is 0 Å². The van der Waals surface area contributed by atoms with E-state index in [4.69, 9.17) is 0 Å². The van der Waals surface area contributed by atoms with Crippen LogP contribution in [0.2, 0.25) is 0 Å². The van der Waals surface area contributed by atoms with Gasteiger partial charge in [0.2, 0.25) is 0 Å². The Morgan fingerprint density at radius 2 is 2.54 bits per heavy atom. The van der Waals surface area contributed by atoms with Gasteiger partial charge in [-0.15, -0.1) is 11.3 Å². The molecule has 1 fully saturated rings. The summed E-state index contributed by atoms with van der Waals surface area (Å²) in [6.45, 7) is 0. The molecule has 0 spiro atoms. The fraction of sp³-hybridized carbons (Fsp3) is 0.667. The SMILES string of the molecule is CNC1CCCC1Sc1nccs1. The van der Waals surface area contributed by atoms with Crippen LogP contribution in [0.1, 0.15) is 19.3 Å². The highest BCUT2D eigenvalue weighted by atomic mass is 32.2. The third kappa shape index (κ3) is 2.24. The zero-order chi connectivity index (χ0) is 9.10. The van der Waals surface area contributed by atoms with Gasteiger partial charge in [-0.1, -0.05) is 18.2 Å². The fourth-order valence-electron chi connectivity index (χ4n) is 1.80. The molecule has 1 heterocycles. The average molecular weight is 214 g/mol. The molecule has 1 aliphatic carbocycles. The van der Waals surface area contributed by atoms with Crippen LogP contribution in [0.15, 0.2) is 15.9 Å². The molecule has 2 nitrogen and oxygen atoms in total. The molecule has 1 aromatic rings. The van der Waals surface area contributed by atoms with Gasteiger partial charge in [0.05, 0.1) is 0 Å². The summed E-state index contributed by atoms with van der Waals surface area (Å²) in [5.74, 6) is 0. The third-order valence-electron chi connectivity index (χ3n) is 2.49.